The lowest BCUT2D eigenvalue weighted by molar-refractivity contribution is 0.289. The van der Waals surface area contributed by atoms with Crippen molar-refractivity contribution in [3.8, 4) is 0 Å². The Kier molecular flexibility index (Phi) is 5.87. The smallest absolute Gasteiger partial charge is 0.143 e. The molecule has 0 radical (unpaired) electrons. The van der Waals surface area contributed by atoms with E-state index >= 15 is 0 Å². The highest BCUT2D eigenvalue weighted by atomic mass is 16.0. The third-order valence-electron chi connectivity index (χ3n) is 5.61. The van der Waals surface area contributed by atoms with Crippen LogP contribution in [0.15, 0.2) is 91.0 Å². The first-order valence-electron chi connectivity index (χ1n) is 9.48. The number of hydrogen-bond donors (Lipinski definition) is 0. The Morgan fingerprint density at radius 3 is 1.19 bits per heavy atom. The Bertz CT molecular complexity index is 684. The summed E-state index contributed by atoms with van der Waals surface area (Å²) >= 11 is 0. The predicted molar refractivity (Wildman–Crippen MR) is 109 cm³/mol. The minimum Gasteiger partial charge on any atom is -0.870 e. The molecule has 1 fully saturated rings. The fourth-order valence-electron chi connectivity index (χ4n) is 4.54. The molecule has 0 aromatic heterocycles. The van der Waals surface area contributed by atoms with Gasteiger partial charge in [0, 0.05) is 12.8 Å². The van der Waals surface area contributed by atoms with Crippen molar-refractivity contribution in [3.63, 3.8) is 0 Å². The summed E-state index contributed by atoms with van der Waals surface area (Å²) in [6, 6.07) is 33.8. The summed E-state index contributed by atoms with van der Waals surface area (Å²) in [5, 5.41) is 0. The molecule has 0 bridgehead atoms. The Morgan fingerprint density at radius 1 is 0.500 bits per heavy atom. The van der Waals surface area contributed by atoms with E-state index in [-0.39, 0.29) is 5.48 Å². The van der Waals surface area contributed by atoms with Crippen LogP contribution in [0.4, 0.5) is 17.1 Å². The molecule has 0 saturated heterocycles. The van der Waals surface area contributed by atoms with Gasteiger partial charge in [0.1, 0.15) is 23.1 Å². The average molecular weight is 345 g/mol. The van der Waals surface area contributed by atoms with Crippen LogP contribution >= 0.6 is 0 Å². The van der Waals surface area contributed by atoms with Crippen molar-refractivity contribution in [1.29, 1.82) is 0 Å². The van der Waals surface area contributed by atoms with Crippen molar-refractivity contribution in [1.82, 2.24) is 4.48 Å². The van der Waals surface area contributed by atoms with Crippen LogP contribution in [-0.2, 0) is 0 Å². The van der Waals surface area contributed by atoms with Gasteiger partial charge < -0.3 is 5.48 Å². The third-order valence-corrected chi connectivity index (χ3v) is 5.61. The Hall–Kier alpha value is -2.42. The van der Waals surface area contributed by atoms with Crippen molar-refractivity contribution in [2.24, 2.45) is 0 Å². The van der Waals surface area contributed by atoms with E-state index in [1.807, 2.05) is 0 Å². The lowest BCUT2D eigenvalue weighted by atomic mass is 9.89. The first kappa shape index (κ1) is 18.4. The zero-order valence-corrected chi connectivity index (χ0v) is 15.2. The maximum atomic E-state index is 2.30. The number of rotatable bonds is 4. The molecule has 2 heteroatoms. The number of nitrogens with zero attached hydrogens (tertiary/aromatic N) is 1. The standard InChI is InChI=1S/C24H26N.H2O/c1-5-13-21(14-6-1)25(22-15-7-2-8-16-22,23-17-9-3-10-18-23)24-19-11-4-12-20-24;/h1-3,5-10,13-18,24H,4,11-12,19-20H2;1H2/q+1;/p-1. The molecule has 1 N–H and O–H groups in total. The van der Waals surface area contributed by atoms with Gasteiger partial charge in [0.25, 0.3) is 0 Å². The normalized spacial score (nSPS) is 15.2. The maximum absolute atomic E-state index is 2.30. The van der Waals surface area contributed by atoms with Gasteiger partial charge in [0.05, 0.1) is 0 Å². The molecule has 0 atom stereocenters. The van der Waals surface area contributed by atoms with E-state index in [1.165, 1.54) is 49.2 Å². The van der Waals surface area contributed by atoms with Crippen molar-refractivity contribution < 1.29 is 5.48 Å². The van der Waals surface area contributed by atoms with E-state index in [9.17, 15) is 0 Å². The molecule has 3 aromatic carbocycles. The summed E-state index contributed by atoms with van der Waals surface area (Å²) in [5.74, 6) is 0. The largest absolute Gasteiger partial charge is 0.870 e. The molecular weight excluding hydrogens is 318 g/mol. The molecule has 0 aliphatic heterocycles. The Morgan fingerprint density at radius 2 is 0.846 bits per heavy atom. The van der Waals surface area contributed by atoms with E-state index in [4.69, 9.17) is 0 Å². The van der Waals surface area contributed by atoms with Crippen LogP contribution in [0.25, 0.3) is 0 Å². The van der Waals surface area contributed by atoms with E-state index in [1.54, 1.807) is 0 Å². The molecule has 0 heterocycles. The zero-order chi connectivity index (χ0) is 17.0. The van der Waals surface area contributed by atoms with Gasteiger partial charge in [-0.1, -0.05) is 61.0 Å². The second-order valence-electron chi connectivity index (χ2n) is 7.02. The third kappa shape index (κ3) is 3.18. The summed E-state index contributed by atoms with van der Waals surface area (Å²) < 4.78 is 0.836. The van der Waals surface area contributed by atoms with Crippen LogP contribution in [0.1, 0.15) is 32.1 Å². The van der Waals surface area contributed by atoms with Crippen LogP contribution in [0.5, 0.6) is 0 Å². The van der Waals surface area contributed by atoms with Crippen molar-refractivity contribution in [3.05, 3.63) is 91.0 Å². The summed E-state index contributed by atoms with van der Waals surface area (Å²) in [6.45, 7) is 0. The van der Waals surface area contributed by atoms with E-state index in [2.05, 4.69) is 91.0 Å². The van der Waals surface area contributed by atoms with Gasteiger partial charge in [-0.25, -0.2) is 4.48 Å². The monoisotopic (exact) mass is 345 g/mol. The Balaban J connectivity index is 0.00000196. The quantitative estimate of drug-likeness (QED) is 0.477. The maximum Gasteiger partial charge on any atom is 0.143 e. The van der Waals surface area contributed by atoms with Gasteiger partial charge in [0.2, 0.25) is 0 Å². The molecule has 0 spiro atoms. The molecule has 0 amide bonds. The average Bonchev–Trinajstić information content (AvgIpc) is 2.72. The van der Waals surface area contributed by atoms with Crippen LogP contribution in [0.3, 0.4) is 0 Å². The second kappa shape index (κ2) is 8.31. The fourth-order valence-corrected chi connectivity index (χ4v) is 4.54. The van der Waals surface area contributed by atoms with Crippen LogP contribution in [0.2, 0.25) is 0 Å². The van der Waals surface area contributed by atoms with Crippen molar-refractivity contribution in [2.45, 2.75) is 38.1 Å². The molecule has 0 unspecified atom stereocenters. The summed E-state index contributed by atoms with van der Waals surface area (Å²) in [4.78, 5) is 0. The predicted octanol–water partition coefficient (Wildman–Crippen LogP) is 6.81. The SMILES string of the molecule is [OH-].c1ccc([N+](c2ccccc2)(c2ccccc2)C2CCCCC2)cc1. The van der Waals surface area contributed by atoms with Crippen molar-refractivity contribution in [2.75, 3.05) is 0 Å². The van der Waals surface area contributed by atoms with Crippen LogP contribution in [0, 0.1) is 0 Å². The molecule has 134 valence electrons. The first-order chi connectivity index (χ1) is 12.4. The molecule has 2 nitrogen and oxygen atoms in total. The Labute approximate surface area is 156 Å². The van der Waals surface area contributed by atoms with Gasteiger partial charge in [-0.2, -0.15) is 0 Å². The van der Waals surface area contributed by atoms with E-state index < -0.39 is 0 Å². The summed E-state index contributed by atoms with van der Waals surface area (Å²) in [6.07, 6.45) is 6.58. The minimum atomic E-state index is 0. The molecular formula is C24H27NO. The van der Waals surface area contributed by atoms with Gasteiger partial charge in [-0.05, 0) is 49.2 Å². The van der Waals surface area contributed by atoms with E-state index in [0.717, 1.165) is 4.48 Å². The van der Waals surface area contributed by atoms with Gasteiger partial charge in [0.15, 0.2) is 0 Å². The fraction of sp³-hybridized carbons (Fsp3) is 0.250. The number of para-hydroxylation sites is 3. The van der Waals surface area contributed by atoms with Crippen molar-refractivity contribution >= 4 is 17.1 Å². The summed E-state index contributed by atoms with van der Waals surface area (Å²) in [5.41, 5.74) is 4.10. The second-order valence-corrected chi connectivity index (χ2v) is 7.02. The first-order valence-corrected chi connectivity index (χ1v) is 9.48. The highest BCUT2D eigenvalue weighted by Crippen LogP contribution is 2.49. The number of quaternary nitrogens is 1. The number of benzene rings is 3. The van der Waals surface area contributed by atoms with Gasteiger partial charge >= 0.3 is 0 Å². The lowest BCUT2D eigenvalue weighted by Gasteiger charge is -2.45. The molecule has 1 saturated carbocycles. The topological polar surface area (TPSA) is 30.0 Å². The van der Waals surface area contributed by atoms with Gasteiger partial charge in [-0.15, -0.1) is 0 Å². The van der Waals surface area contributed by atoms with Crippen LogP contribution in [-0.4, -0.2) is 11.5 Å². The van der Waals surface area contributed by atoms with Gasteiger partial charge in [-0.3, -0.25) is 0 Å². The van der Waals surface area contributed by atoms with E-state index in [0.29, 0.717) is 6.04 Å². The lowest BCUT2D eigenvalue weighted by Crippen LogP contribution is -2.49. The zero-order valence-electron chi connectivity index (χ0n) is 15.2. The molecule has 1 aliphatic rings. The highest BCUT2D eigenvalue weighted by molar-refractivity contribution is 5.71. The molecule has 3 aromatic rings. The highest BCUT2D eigenvalue weighted by Gasteiger charge is 2.44. The summed E-state index contributed by atoms with van der Waals surface area (Å²) in [7, 11) is 0. The molecule has 1 aliphatic carbocycles. The minimum absolute atomic E-state index is 0. The van der Waals surface area contributed by atoms with Crippen LogP contribution < -0.4 is 4.48 Å². The number of hydrogen-bond acceptors (Lipinski definition) is 1. The molecule has 4 rings (SSSR count). The molecule has 26 heavy (non-hydrogen) atoms.